The maximum Gasteiger partial charge on any atom is 0.208 e. The number of oxazole rings is 1. The number of rotatable bonds is 4. The maximum atomic E-state index is 5.66. The number of piperazine rings is 1. The molecule has 0 radical (unpaired) electrons. The van der Waals surface area contributed by atoms with Crippen LogP contribution in [0.4, 0.5) is 0 Å². The molecule has 114 valence electrons. The van der Waals surface area contributed by atoms with Gasteiger partial charge in [0, 0.05) is 39.8 Å². The first-order valence-electron chi connectivity index (χ1n) is 7.33. The highest BCUT2D eigenvalue weighted by Crippen LogP contribution is 2.13. The summed E-state index contributed by atoms with van der Waals surface area (Å²) in [4.78, 5) is 9.28. The second-order valence-electron chi connectivity index (χ2n) is 5.65. The van der Waals surface area contributed by atoms with Crippen molar-refractivity contribution in [3.63, 3.8) is 0 Å². The van der Waals surface area contributed by atoms with Gasteiger partial charge in [0.1, 0.15) is 5.76 Å². The van der Waals surface area contributed by atoms with E-state index in [0.717, 1.165) is 62.3 Å². The molecule has 0 unspecified atom stereocenters. The molecule has 0 aromatic carbocycles. The van der Waals surface area contributed by atoms with Crippen molar-refractivity contribution in [2.45, 2.75) is 26.9 Å². The lowest BCUT2D eigenvalue weighted by molar-refractivity contribution is 0.112. The van der Waals surface area contributed by atoms with Gasteiger partial charge in [-0.1, -0.05) is 5.21 Å². The summed E-state index contributed by atoms with van der Waals surface area (Å²) in [5.74, 6) is 1.75. The summed E-state index contributed by atoms with van der Waals surface area (Å²) in [6.45, 7) is 9.82. The molecule has 0 spiro atoms. The Morgan fingerprint density at radius 2 is 1.76 bits per heavy atom. The van der Waals surface area contributed by atoms with Gasteiger partial charge in [0.05, 0.1) is 24.1 Å². The zero-order chi connectivity index (χ0) is 14.8. The lowest BCUT2D eigenvalue weighted by atomic mass is 10.3. The summed E-state index contributed by atoms with van der Waals surface area (Å²) >= 11 is 0. The second-order valence-corrected chi connectivity index (χ2v) is 5.65. The van der Waals surface area contributed by atoms with Gasteiger partial charge in [-0.05, 0) is 13.8 Å². The molecule has 1 aliphatic rings. The van der Waals surface area contributed by atoms with Crippen LogP contribution < -0.4 is 0 Å². The number of aryl methyl sites for hydroxylation is 3. The van der Waals surface area contributed by atoms with Gasteiger partial charge in [0.15, 0.2) is 0 Å². The van der Waals surface area contributed by atoms with Gasteiger partial charge in [-0.15, -0.1) is 5.10 Å². The van der Waals surface area contributed by atoms with Crippen molar-refractivity contribution in [3.05, 3.63) is 29.2 Å². The van der Waals surface area contributed by atoms with Crippen molar-refractivity contribution >= 4 is 0 Å². The molecule has 1 aliphatic heterocycles. The van der Waals surface area contributed by atoms with E-state index in [1.165, 1.54) is 0 Å². The van der Waals surface area contributed by atoms with E-state index in [4.69, 9.17) is 4.42 Å². The molecule has 3 rings (SSSR count). The topological polar surface area (TPSA) is 63.2 Å². The average Bonchev–Trinajstić information content (AvgIpc) is 2.99. The summed E-state index contributed by atoms with van der Waals surface area (Å²) in [7, 11) is 1.94. The summed E-state index contributed by atoms with van der Waals surface area (Å²) in [6, 6.07) is 0. The van der Waals surface area contributed by atoms with Crippen LogP contribution in [0, 0.1) is 13.8 Å². The van der Waals surface area contributed by atoms with E-state index in [1.807, 2.05) is 31.8 Å². The van der Waals surface area contributed by atoms with Crippen molar-refractivity contribution in [1.82, 2.24) is 29.8 Å². The second kappa shape index (κ2) is 5.95. The third-order valence-corrected chi connectivity index (χ3v) is 4.09. The summed E-state index contributed by atoms with van der Waals surface area (Å²) in [5.41, 5.74) is 2.15. The molecule has 2 aromatic rings. The van der Waals surface area contributed by atoms with Crippen molar-refractivity contribution in [2.75, 3.05) is 26.2 Å². The van der Waals surface area contributed by atoms with Crippen molar-refractivity contribution in [3.8, 4) is 0 Å². The molecular formula is C14H22N6O. The Morgan fingerprint density at radius 1 is 1.10 bits per heavy atom. The minimum Gasteiger partial charge on any atom is -0.444 e. The Morgan fingerprint density at radius 3 is 2.29 bits per heavy atom. The molecule has 21 heavy (non-hydrogen) atoms. The van der Waals surface area contributed by atoms with Crippen LogP contribution in [0.25, 0.3) is 0 Å². The summed E-state index contributed by atoms with van der Waals surface area (Å²) < 4.78 is 7.50. The van der Waals surface area contributed by atoms with E-state index in [2.05, 4.69) is 25.1 Å². The van der Waals surface area contributed by atoms with E-state index in [1.54, 1.807) is 0 Å². The quantitative estimate of drug-likeness (QED) is 0.827. The lowest BCUT2D eigenvalue weighted by Gasteiger charge is -2.33. The summed E-state index contributed by atoms with van der Waals surface area (Å²) in [5, 5.41) is 7.90. The van der Waals surface area contributed by atoms with Gasteiger partial charge in [-0.2, -0.15) is 0 Å². The monoisotopic (exact) mass is 290 g/mol. The number of hydrogen-bond acceptors (Lipinski definition) is 6. The molecular weight excluding hydrogens is 268 g/mol. The molecule has 1 fully saturated rings. The SMILES string of the molecule is Cc1nc(CN2CCN(Cc3cnnn3C)CC2)oc1C. The first-order valence-corrected chi connectivity index (χ1v) is 7.33. The third kappa shape index (κ3) is 3.30. The van der Waals surface area contributed by atoms with Gasteiger partial charge < -0.3 is 4.42 Å². The molecule has 7 heteroatoms. The van der Waals surface area contributed by atoms with Crippen LogP contribution >= 0.6 is 0 Å². The predicted octanol–water partition coefficient (Wildman–Crippen LogP) is 0.738. The Labute approximate surface area is 124 Å². The zero-order valence-electron chi connectivity index (χ0n) is 12.9. The van der Waals surface area contributed by atoms with Gasteiger partial charge in [0.2, 0.25) is 5.89 Å². The molecule has 0 N–H and O–H groups in total. The molecule has 0 bridgehead atoms. The van der Waals surface area contributed by atoms with E-state index < -0.39 is 0 Å². The average molecular weight is 290 g/mol. The minimum absolute atomic E-state index is 0.801. The lowest BCUT2D eigenvalue weighted by Crippen LogP contribution is -2.45. The number of nitrogens with zero attached hydrogens (tertiary/aromatic N) is 6. The summed E-state index contributed by atoms with van der Waals surface area (Å²) in [6.07, 6.45) is 1.84. The molecule has 3 heterocycles. The molecule has 0 saturated carbocycles. The van der Waals surface area contributed by atoms with Crippen LogP contribution in [-0.4, -0.2) is 56.0 Å². The smallest absolute Gasteiger partial charge is 0.208 e. The highest BCUT2D eigenvalue weighted by Gasteiger charge is 2.19. The Hall–Kier alpha value is -1.73. The molecule has 0 atom stereocenters. The van der Waals surface area contributed by atoms with Crippen LogP contribution in [0.5, 0.6) is 0 Å². The first kappa shape index (κ1) is 14.2. The molecule has 7 nitrogen and oxygen atoms in total. The standard InChI is InChI=1S/C14H22N6O/c1-11-12(2)21-14(16-11)10-20-6-4-19(5-7-20)9-13-8-15-17-18(13)3/h8H,4-7,9-10H2,1-3H3. The van der Waals surface area contributed by atoms with E-state index in [-0.39, 0.29) is 0 Å². The minimum atomic E-state index is 0.801. The Bertz CT molecular complexity index is 577. The van der Waals surface area contributed by atoms with Crippen molar-refractivity contribution in [1.29, 1.82) is 0 Å². The van der Waals surface area contributed by atoms with Crippen LogP contribution in [0.2, 0.25) is 0 Å². The van der Waals surface area contributed by atoms with E-state index >= 15 is 0 Å². The van der Waals surface area contributed by atoms with Crippen LogP contribution in [0.15, 0.2) is 10.6 Å². The maximum absolute atomic E-state index is 5.66. The molecule has 0 amide bonds. The number of aromatic nitrogens is 4. The van der Waals surface area contributed by atoms with Crippen molar-refractivity contribution < 1.29 is 4.42 Å². The molecule has 1 saturated heterocycles. The first-order chi connectivity index (χ1) is 10.1. The van der Waals surface area contributed by atoms with Crippen LogP contribution in [0.3, 0.4) is 0 Å². The fraction of sp³-hybridized carbons (Fsp3) is 0.643. The molecule has 0 aliphatic carbocycles. The molecule has 2 aromatic heterocycles. The fourth-order valence-corrected chi connectivity index (χ4v) is 2.59. The Balaban J connectivity index is 1.50. The van der Waals surface area contributed by atoms with Crippen molar-refractivity contribution in [2.24, 2.45) is 7.05 Å². The highest BCUT2D eigenvalue weighted by atomic mass is 16.4. The fourth-order valence-electron chi connectivity index (χ4n) is 2.59. The van der Waals surface area contributed by atoms with E-state index in [9.17, 15) is 0 Å². The van der Waals surface area contributed by atoms with Gasteiger partial charge in [-0.3, -0.25) is 14.5 Å². The van der Waals surface area contributed by atoms with Crippen LogP contribution in [-0.2, 0) is 20.1 Å². The van der Waals surface area contributed by atoms with Gasteiger partial charge in [0.25, 0.3) is 0 Å². The zero-order valence-corrected chi connectivity index (χ0v) is 12.9. The number of hydrogen-bond donors (Lipinski definition) is 0. The predicted molar refractivity (Wildman–Crippen MR) is 77.5 cm³/mol. The van der Waals surface area contributed by atoms with Crippen LogP contribution in [0.1, 0.15) is 23.0 Å². The van der Waals surface area contributed by atoms with E-state index in [0.29, 0.717) is 0 Å². The third-order valence-electron chi connectivity index (χ3n) is 4.09. The largest absolute Gasteiger partial charge is 0.444 e. The van der Waals surface area contributed by atoms with Gasteiger partial charge >= 0.3 is 0 Å². The highest BCUT2D eigenvalue weighted by molar-refractivity contribution is 5.05. The Kier molecular flexibility index (Phi) is 4.03. The normalized spacial score (nSPS) is 17.5. The van der Waals surface area contributed by atoms with Gasteiger partial charge in [-0.25, -0.2) is 4.98 Å².